The van der Waals surface area contributed by atoms with E-state index in [1.807, 2.05) is 0 Å². The summed E-state index contributed by atoms with van der Waals surface area (Å²) in [6, 6.07) is 11.4. The second-order valence-electron chi connectivity index (χ2n) is 5.81. The number of para-hydroxylation sites is 1. The van der Waals surface area contributed by atoms with Crippen LogP contribution in [0.25, 0.3) is 0 Å². The number of hydrogen-bond donors (Lipinski definition) is 1. The zero-order valence-electron chi connectivity index (χ0n) is 13.0. The lowest BCUT2D eigenvalue weighted by Crippen LogP contribution is -2.46. The number of nitrogens with one attached hydrogen (secondary N) is 1. The first-order valence-corrected chi connectivity index (χ1v) is 8.01. The molecule has 112 valence electrons. The van der Waals surface area contributed by atoms with Crippen molar-refractivity contribution in [2.24, 2.45) is 0 Å². The molecule has 1 heterocycles. The normalized spacial score (nSPS) is 20.0. The fourth-order valence-electron chi connectivity index (χ4n) is 3.06. The molecule has 20 heavy (non-hydrogen) atoms. The van der Waals surface area contributed by atoms with Crippen LogP contribution >= 0.6 is 0 Å². The van der Waals surface area contributed by atoms with Crippen LogP contribution in [-0.4, -0.2) is 50.7 Å². The molecule has 1 aliphatic rings. The molecule has 3 nitrogen and oxygen atoms in total. The van der Waals surface area contributed by atoms with Gasteiger partial charge in [0.15, 0.2) is 0 Å². The van der Waals surface area contributed by atoms with Crippen LogP contribution < -0.4 is 10.2 Å². The third-order valence-corrected chi connectivity index (χ3v) is 4.16. The largest absolute Gasteiger partial charge is 0.375 e. The minimum atomic E-state index is 0.709. The monoisotopic (exact) mass is 275 g/mol. The van der Waals surface area contributed by atoms with Gasteiger partial charge in [-0.25, -0.2) is 0 Å². The van der Waals surface area contributed by atoms with Gasteiger partial charge in [0.1, 0.15) is 0 Å². The van der Waals surface area contributed by atoms with E-state index in [1.54, 1.807) is 0 Å². The summed E-state index contributed by atoms with van der Waals surface area (Å²) in [5, 5.41) is 3.59. The predicted molar refractivity (Wildman–Crippen MR) is 87.5 cm³/mol. The number of hydrogen-bond acceptors (Lipinski definition) is 3. The van der Waals surface area contributed by atoms with Gasteiger partial charge in [0, 0.05) is 31.9 Å². The Bertz CT molecular complexity index is 364. The summed E-state index contributed by atoms with van der Waals surface area (Å²) in [7, 11) is 2.19. The first-order chi connectivity index (χ1) is 9.79. The number of nitrogens with zero attached hydrogens (tertiary/aromatic N) is 2. The zero-order valence-corrected chi connectivity index (χ0v) is 13.0. The average Bonchev–Trinajstić information content (AvgIpc) is 2.49. The van der Waals surface area contributed by atoms with Gasteiger partial charge in [-0.1, -0.05) is 25.1 Å². The first-order valence-electron chi connectivity index (χ1n) is 8.01. The highest BCUT2D eigenvalue weighted by molar-refractivity contribution is 5.44. The summed E-state index contributed by atoms with van der Waals surface area (Å²) in [6.07, 6.45) is 3.92. The van der Waals surface area contributed by atoms with E-state index in [-0.39, 0.29) is 0 Å². The predicted octanol–water partition coefficient (Wildman–Crippen LogP) is 2.59. The third kappa shape index (κ3) is 4.80. The van der Waals surface area contributed by atoms with E-state index >= 15 is 0 Å². The SMILES string of the molecule is CCNC1CCCN(CCCN(C)c2ccccc2)C1. The molecule has 1 aromatic rings. The Morgan fingerprint density at radius 1 is 1.30 bits per heavy atom. The van der Waals surface area contributed by atoms with Gasteiger partial charge in [0.2, 0.25) is 0 Å². The van der Waals surface area contributed by atoms with Crippen molar-refractivity contribution in [1.29, 1.82) is 0 Å². The number of piperidine rings is 1. The fraction of sp³-hybridized carbons (Fsp3) is 0.647. The van der Waals surface area contributed by atoms with E-state index in [4.69, 9.17) is 0 Å². The fourth-order valence-corrected chi connectivity index (χ4v) is 3.06. The Morgan fingerprint density at radius 2 is 2.10 bits per heavy atom. The van der Waals surface area contributed by atoms with Gasteiger partial charge in [0.25, 0.3) is 0 Å². The number of benzene rings is 1. The van der Waals surface area contributed by atoms with Gasteiger partial charge in [-0.2, -0.15) is 0 Å². The molecule has 0 bridgehead atoms. The van der Waals surface area contributed by atoms with Crippen LogP contribution in [0, 0.1) is 0 Å². The third-order valence-electron chi connectivity index (χ3n) is 4.16. The highest BCUT2D eigenvalue weighted by Gasteiger charge is 2.18. The smallest absolute Gasteiger partial charge is 0.0363 e. The van der Waals surface area contributed by atoms with Crippen molar-refractivity contribution in [3.05, 3.63) is 30.3 Å². The molecule has 0 aliphatic carbocycles. The van der Waals surface area contributed by atoms with E-state index in [9.17, 15) is 0 Å². The molecule has 0 aromatic heterocycles. The molecule has 0 spiro atoms. The Kier molecular flexibility index (Phi) is 6.34. The van der Waals surface area contributed by atoms with Crippen molar-refractivity contribution >= 4 is 5.69 Å². The molecular weight excluding hydrogens is 246 g/mol. The topological polar surface area (TPSA) is 18.5 Å². The molecular formula is C17H29N3. The number of anilines is 1. The van der Waals surface area contributed by atoms with E-state index < -0.39 is 0 Å². The lowest BCUT2D eigenvalue weighted by molar-refractivity contribution is 0.191. The minimum absolute atomic E-state index is 0.709. The molecule has 1 aliphatic heterocycles. The van der Waals surface area contributed by atoms with Gasteiger partial charge in [-0.15, -0.1) is 0 Å². The summed E-state index contributed by atoms with van der Waals surface area (Å²) in [6.45, 7) is 8.15. The van der Waals surface area contributed by atoms with Gasteiger partial charge in [0.05, 0.1) is 0 Å². The van der Waals surface area contributed by atoms with Crippen LogP contribution in [0.3, 0.4) is 0 Å². The first kappa shape index (κ1) is 15.3. The van der Waals surface area contributed by atoms with E-state index in [0.717, 1.165) is 13.1 Å². The highest BCUT2D eigenvalue weighted by atomic mass is 15.2. The Balaban J connectivity index is 1.67. The van der Waals surface area contributed by atoms with Crippen molar-refractivity contribution in [2.75, 3.05) is 44.7 Å². The molecule has 0 amide bonds. The van der Waals surface area contributed by atoms with E-state index in [1.165, 1.54) is 44.6 Å². The molecule has 1 unspecified atom stereocenters. The molecule has 0 saturated carbocycles. The summed E-state index contributed by atoms with van der Waals surface area (Å²) >= 11 is 0. The molecule has 1 fully saturated rings. The minimum Gasteiger partial charge on any atom is -0.375 e. The summed E-state index contributed by atoms with van der Waals surface area (Å²) in [4.78, 5) is 4.97. The molecule has 1 saturated heterocycles. The van der Waals surface area contributed by atoms with Crippen LogP contribution in [0.4, 0.5) is 5.69 Å². The van der Waals surface area contributed by atoms with Gasteiger partial charge < -0.3 is 15.1 Å². The van der Waals surface area contributed by atoms with Gasteiger partial charge >= 0.3 is 0 Å². The quantitative estimate of drug-likeness (QED) is 0.825. The van der Waals surface area contributed by atoms with Crippen LogP contribution in [0.1, 0.15) is 26.2 Å². The zero-order chi connectivity index (χ0) is 14.2. The Labute approximate surface area is 124 Å². The average molecular weight is 275 g/mol. The standard InChI is InChI=1S/C17H29N3/c1-3-18-16-9-7-13-20(15-16)14-8-12-19(2)17-10-5-4-6-11-17/h4-6,10-11,16,18H,3,7-9,12-15H2,1-2H3. The lowest BCUT2D eigenvalue weighted by atomic mass is 10.1. The van der Waals surface area contributed by atoms with Crippen molar-refractivity contribution in [1.82, 2.24) is 10.2 Å². The molecule has 1 aromatic carbocycles. The summed E-state index contributed by atoms with van der Waals surface area (Å²) in [5.74, 6) is 0. The maximum absolute atomic E-state index is 3.59. The maximum atomic E-state index is 3.59. The van der Waals surface area contributed by atoms with Crippen LogP contribution in [0.15, 0.2) is 30.3 Å². The number of rotatable bonds is 7. The number of likely N-dealkylation sites (N-methyl/N-ethyl adjacent to an activating group) is 1. The molecule has 2 rings (SSSR count). The molecule has 1 N–H and O–H groups in total. The second kappa shape index (κ2) is 8.28. The maximum Gasteiger partial charge on any atom is 0.0363 e. The van der Waals surface area contributed by atoms with Gasteiger partial charge in [-0.3, -0.25) is 0 Å². The van der Waals surface area contributed by atoms with Crippen molar-refractivity contribution in [3.8, 4) is 0 Å². The van der Waals surface area contributed by atoms with Crippen molar-refractivity contribution in [3.63, 3.8) is 0 Å². The highest BCUT2D eigenvalue weighted by Crippen LogP contribution is 2.13. The van der Waals surface area contributed by atoms with Crippen LogP contribution in [0.2, 0.25) is 0 Å². The molecule has 1 atom stereocenters. The second-order valence-corrected chi connectivity index (χ2v) is 5.81. The molecule has 3 heteroatoms. The van der Waals surface area contributed by atoms with Crippen molar-refractivity contribution in [2.45, 2.75) is 32.2 Å². The summed E-state index contributed by atoms with van der Waals surface area (Å²) in [5.41, 5.74) is 1.32. The lowest BCUT2D eigenvalue weighted by Gasteiger charge is -2.33. The van der Waals surface area contributed by atoms with E-state index in [2.05, 4.69) is 59.4 Å². The van der Waals surface area contributed by atoms with Crippen LogP contribution in [-0.2, 0) is 0 Å². The van der Waals surface area contributed by atoms with Gasteiger partial charge in [-0.05, 0) is 51.0 Å². The van der Waals surface area contributed by atoms with Crippen molar-refractivity contribution < 1.29 is 0 Å². The van der Waals surface area contributed by atoms with Crippen LogP contribution in [0.5, 0.6) is 0 Å². The Morgan fingerprint density at radius 3 is 2.85 bits per heavy atom. The molecule has 0 radical (unpaired) electrons. The van der Waals surface area contributed by atoms with E-state index in [0.29, 0.717) is 6.04 Å². The number of likely N-dealkylation sites (tertiary alicyclic amines) is 1. The summed E-state index contributed by atoms with van der Waals surface area (Å²) < 4.78 is 0. The Hall–Kier alpha value is -1.06.